The number of hydrogen-bond acceptors (Lipinski definition) is 5. The van der Waals surface area contributed by atoms with Crippen LogP contribution < -0.4 is 20.1 Å². The molecule has 0 aliphatic carbocycles. The minimum Gasteiger partial charge on any atom is -0.493 e. The van der Waals surface area contributed by atoms with Gasteiger partial charge in [0, 0.05) is 16.9 Å². The maximum absolute atomic E-state index is 12.6. The van der Waals surface area contributed by atoms with Crippen molar-refractivity contribution in [2.24, 2.45) is 0 Å². The summed E-state index contributed by atoms with van der Waals surface area (Å²) in [6.45, 7) is 2.69. The smallest absolute Gasteiger partial charge is 0.291 e. The highest BCUT2D eigenvalue weighted by Gasteiger charge is 2.12. The average Bonchev–Trinajstić information content (AvgIpc) is 3.30. The van der Waals surface area contributed by atoms with Gasteiger partial charge < -0.3 is 24.5 Å². The highest BCUT2D eigenvalue weighted by atomic mass is 16.5. The second-order valence-electron chi connectivity index (χ2n) is 6.53. The molecule has 7 nitrogen and oxygen atoms in total. The fraction of sp³-hybridized carbons (Fsp3) is 0.217. The van der Waals surface area contributed by atoms with E-state index in [4.69, 9.17) is 13.9 Å². The van der Waals surface area contributed by atoms with Gasteiger partial charge in [0.25, 0.3) is 11.8 Å². The molecule has 30 heavy (non-hydrogen) atoms. The third-order valence-corrected chi connectivity index (χ3v) is 4.33. The molecule has 0 fully saturated rings. The molecule has 0 bridgehead atoms. The van der Waals surface area contributed by atoms with E-state index in [2.05, 4.69) is 17.6 Å². The zero-order chi connectivity index (χ0) is 21.3. The molecule has 2 aromatic carbocycles. The van der Waals surface area contributed by atoms with Gasteiger partial charge in [0.1, 0.15) is 0 Å². The van der Waals surface area contributed by atoms with Crippen molar-refractivity contribution < 1.29 is 23.5 Å². The Morgan fingerprint density at radius 3 is 2.23 bits per heavy atom. The Morgan fingerprint density at radius 1 is 0.933 bits per heavy atom. The number of unbranched alkanes of at least 4 members (excludes halogenated alkanes) is 1. The lowest BCUT2D eigenvalue weighted by molar-refractivity contribution is 0.0994. The molecule has 0 unspecified atom stereocenters. The predicted molar refractivity (Wildman–Crippen MR) is 114 cm³/mol. The third-order valence-electron chi connectivity index (χ3n) is 4.33. The molecule has 0 atom stereocenters. The summed E-state index contributed by atoms with van der Waals surface area (Å²) in [4.78, 5) is 24.6. The Morgan fingerprint density at radius 2 is 1.63 bits per heavy atom. The fourth-order valence-corrected chi connectivity index (χ4v) is 2.70. The fourth-order valence-electron chi connectivity index (χ4n) is 2.70. The summed E-state index contributed by atoms with van der Waals surface area (Å²) in [5.41, 5.74) is 1.63. The van der Waals surface area contributed by atoms with Crippen LogP contribution in [0.5, 0.6) is 11.5 Å². The number of furan rings is 1. The molecule has 3 aromatic rings. The highest BCUT2D eigenvalue weighted by Crippen LogP contribution is 2.28. The standard InChI is InChI=1S/C23H24N2O5/c1-3-4-13-29-19-12-7-16(15-21(19)28-2)22(26)24-17-8-10-18(11-9-17)25-23(27)20-6-5-14-30-20/h5-12,14-15H,3-4,13H2,1-2H3,(H,24,26)(H,25,27). The third kappa shape index (κ3) is 5.41. The Hall–Kier alpha value is -3.74. The van der Waals surface area contributed by atoms with Crippen molar-refractivity contribution in [3.05, 3.63) is 72.2 Å². The highest BCUT2D eigenvalue weighted by molar-refractivity contribution is 6.05. The largest absolute Gasteiger partial charge is 0.493 e. The summed E-state index contributed by atoms with van der Waals surface area (Å²) in [7, 11) is 1.54. The van der Waals surface area contributed by atoms with Crippen LogP contribution >= 0.6 is 0 Å². The predicted octanol–water partition coefficient (Wildman–Crippen LogP) is 4.97. The van der Waals surface area contributed by atoms with Crippen LogP contribution in [0.15, 0.2) is 65.3 Å². The lowest BCUT2D eigenvalue weighted by atomic mass is 10.1. The number of amides is 2. The van der Waals surface area contributed by atoms with Crippen LogP contribution in [0.25, 0.3) is 0 Å². The topological polar surface area (TPSA) is 89.8 Å². The van der Waals surface area contributed by atoms with E-state index in [1.165, 1.54) is 6.26 Å². The van der Waals surface area contributed by atoms with Crippen molar-refractivity contribution >= 4 is 23.2 Å². The van der Waals surface area contributed by atoms with Gasteiger partial charge in [0.15, 0.2) is 17.3 Å². The van der Waals surface area contributed by atoms with Gasteiger partial charge in [-0.15, -0.1) is 0 Å². The molecule has 0 saturated heterocycles. The van der Waals surface area contributed by atoms with Crippen LogP contribution in [-0.2, 0) is 0 Å². The zero-order valence-electron chi connectivity index (χ0n) is 16.9. The van der Waals surface area contributed by atoms with Gasteiger partial charge in [0.05, 0.1) is 20.0 Å². The summed E-state index contributed by atoms with van der Waals surface area (Å²) >= 11 is 0. The van der Waals surface area contributed by atoms with Gasteiger partial charge in [-0.25, -0.2) is 0 Å². The zero-order valence-corrected chi connectivity index (χ0v) is 16.9. The van der Waals surface area contributed by atoms with Crippen molar-refractivity contribution in [2.75, 3.05) is 24.4 Å². The first-order valence-corrected chi connectivity index (χ1v) is 9.68. The summed E-state index contributed by atoms with van der Waals surface area (Å²) < 4.78 is 16.1. The van der Waals surface area contributed by atoms with Gasteiger partial charge >= 0.3 is 0 Å². The van der Waals surface area contributed by atoms with E-state index in [9.17, 15) is 9.59 Å². The minimum atomic E-state index is -0.342. The Bertz CT molecular complexity index is 981. The van der Waals surface area contributed by atoms with E-state index in [-0.39, 0.29) is 17.6 Å². The Kier molecular flexibility index (Phi) is 7.10. The molecule has 1 aromatic heterocycles. The number of methoxy groups -OCH3 is 1. The number of benzene rings is 2. The number of carbonyl (C=O) groups is 2. The number of rotatable bonds is 9. The van der Waals surface area contributed by atoms with E-state index in [1.54, 1.807) is 61.7 Å². The molecule has 7 heteroatoms. The molecule has 156 valence electrons. The van der Waals surface area contributed by atoms with Crippen LogP contribution in [0.2, 0.25) is 0 Å². The minimum absolute atomic E-state index is 0.225. The van der Waals surface area contributed by atoms with Crippen LogP contribution in [-0.4, -0.2) is 25.5 Å². The number of ether oxygens (including phenoxy) is 2. The second-order valence-corrected chi connectivity index (χ2v) is 6.53. The van der Waals surface area contributed by atoms with Gasteiger partial charge in [-0.05, 0) is 61.0 Å². The molecule has 2 amide bonds. The second kappa shape index (κ2) is 10.2. The van der Waals surface area contributed by atoms with Gasteiger partial charge in [0.2, 0.25) is 0 Å². The molecular formula is C23H24N2O5. The maximum Gasteiger partial charge on any atom is 0.291 e. The maximum atomic E-state index is 12.6. The van der Waals surface area contributed by atoms with Crippen molar-refractivity contribution in [1.29, 1.82) is 0 Å². The van der Waals surface area contributed by atoms with Crippen LogP contribution in [0.3, 0.4) is 0 Å². The molecule has 1 heterocycles. The van der Waals surface area contributed by atoms with E-state index in [1.807, 2.05) is 0 Å². The summed E-state index contributed by atoms with van der Waals surface area (Å²) in [6, 6.07) is 15.1. The van der Waals surface area contributed by atoms with Crippen molar-refractivity contribution in [3.8, 4) is 11.5 Å². The number of hydrogen-bond donors (Lipinski definition) is 2. The molecule has 0 radical (unpaired) electrons. The van der Waals surface area contributed by atoms with E-state index < -0.39 is 0 Å². The lowest BCUT2D eigenvalue weighted by Gasteiger charge is -2.12. The first-order chi connectivity index (χ1) is 14.6. The van der Waals surface area contributed by atoms with Crippen molar-refractivity contribution in [3.63, 3.8) is 0 Å². The molecule has 0 aliphatic heterocycles. The lowest BCUT2D eigenvalue weighted by Crippen LogP contribution is -2.13. The summed E-state index contributed by atoms with van der Waals surface area (Å²) in [5, 5.41) is 5.55. The van der Waals surface area contributed by atoms with E-state index in [0.29, 0.717) is 35.0 Å². The monoisotopic (exact) mass is 408 g/mol. The quantitative estimate of drug-likeness (QED) is 0.488. The first-order valence-electron chi connectivity index (χ1n) is 9.68. The number of anilines is 2. The SMILES string of the molecule is CCCCOc1ccc(C(=O)Nc2ccc(NC(=O)c3ccco3)cc2)cc1OC. The molecule has 0 spiro atoms. The van der Waals surface area contributed by atoms with Crippen molar-refractivity contribution in [1.82, 2.24) is 0 Å². The number of nitrogens with one attached hydrogen (secondary N) is 2. The van der Waals surface area contributed by atoms with Crippen LogP contribution in [0.1, 0.15) is 40.7 Å². The molecule has 0 saturated carbocycles. The van der Waals surface area contributed by atoms with Crippen LogP contribution in [0, 0.1) is 0 Å². The van der Waals surface area contributed by atoms with E-state index >= 15 is 0 Å². The van der Waals surface area contributed by atoms with Crippen LogP contribution in [0.4, 0.5) is 11.4 Å². The van der Waals surface area contributed by atoms with E-state index in [0.717, 1.165) is 12.8 Å². The molecule has 2 N–H and O–H groups in total. The molecular weight excluding hydrogens is 384 g/mol. The van der Waals surface area contributed by atoms with Gasteiger partial charge in [-0.3, -0.25) is 9.59 Å². The van der Waals surface area contributed by atoms with Gasteiger partial charge in [-0.2, -0.15) is 0 Å². The van der Waals surface area contributed by atoms with Gasteiger partial charge in [-0.1, -0.05) is 13.3 Å². The Balaban J connectivity index is 1.62. The summed E-state index contributed by atoms with van der Waals surface area (Å²) in [6.07, 6.45) is 3.42. The first kappa shape index (κ1) is 21.0. The average molecular weight is 408 g/mol. The van der Waals surface area contributed by atoms with Crippen molar-refractivity contribution in [2.45, 2.75) is 19.8 Å². The normalized spacial score (nSPS) is 10.3. The number of carbonyl (C=O) groups excluding carboxylic acids is 2. The Labute approximate surface area is 175 Å². The molecule has 0 aliphatic rings. The molecule has 3 rings (SSSR count). The summed E-state index contributed by atoms with van der Waals surface area (Å²) in [5.74, 6) is 0.725.